The maximum absolute atomic E-state index is 12.1. The van der Waals surface area contributed by atoms with E-state index in [0.717, 1.165) is 23.0 Å². The van der Waals surface area contributed by atoms with Crippen molar-refractivity contribution >= 4 is 42.1 Å². The van der Waals surface area contributed by atoms with Gasteiger partial charge in [0.15, 0.2) is 10.8 Å². The summed E-state index contributed by atoms with van der Waals surface area (Å²) in [7, 11) is 0. The highest BCUT2D eigenvalue weighted by molar-refractivity contribution is 7.15. The first kappa shape index (κ1) is 18.0. The van der Waals surface area contributed by atoms with Gasteiger partial charge in [0.05, 0.1) is 6.26 Å². The van der Waals surface area contributed by atoms with Crippen molar-refractivity contribution in [3.63, 3.8) is 0 Å². The summed E-state index contributed by atoms with van der Waals surface area (Å²) in [6.07, 6.45) is 1.61. The van der Waals surface area contributed by atoms with Crippen LogP contribution in [0.15, 0.2) is 22.8 Å². The minimum Gasteiger partial charge on any atom is -0.462 e. The van der Waals surface area contributed by atoms with Gasteiger partial charge in [-0.2, -0.15) is 0 Å². The molecule has 1 fully saturated rings. The molecule has 1 aliphatic heterocycles. The SMILES string of the molecule is Cc1sc(-c2ccco2)nc1C(=O)NCC1CNC1.Cl.Cl. The summed E-state index contributed by atoms with van der Waals surface area (Å²) in [5, 5.41) is 6.86. The average Bonchev–Trinajstić information content (AvgIpc) is 2.95. The van der Waals surface area contributed by atoms with Gasteiger partial charge in [-0.15, -0.1) is 36.2 Å². The molecule has 0 unspecified atom stereocenters. The van der Waals surface area contributed by atoms with Gasteiger partial charge in [0.1, 0.15) is 5.69 Å². The highest BCUT2D eigenvalue weighted by Crippen LogP contribution is 2.27. The van der Waals surface area contributed by atoms with Gasteiger partial charge in [-0.25, -0.2) is 4.98 Å². The van der Waals surface area contributed by atoms with Gasteiger partial charge in [0.2, 0.25) is 0 Å². The van der Waals surface area contributed by atoms with Crippen molar-refractivity contribution in [3.05, 3.63) is 29.0 Å². The molecule has 3 heterocycles. The van der Waals surface area contributed by atoms with E-state index in [1.807, 2.05) is 19.1 Å². The van der Waals surface area contributed by atoms with E-state index in [9.17, 15) is 4.79 Å². The molecular formula is C13H17Cl2N3O2S. The van der Waals surface area contributed by atoms with Gasteiger partial charge in [-0.05, 0) is 19.1 Å². The molecule has 2 aromatic rings. The van der Waals surface area contributed by atoms with E-state index in [1.165, 1.54) is 11.3 Å². The van der Waals surface area contributed by atoms with E-state index in [1.54, 1.807) is 6.26 Å². The molecule has 0 radical (unpaired) electrons. The van der Waals surface area contributed by atoms with E-state index < -0.39 is 0 Å². The smallest absolute Gasteiger partial charge is 0.271 e. The summed E-state index contributed by atoms with van der Waals surface area (Å²) in [4.78, 5) is 17.4. The number of nitrogens with one attached hydrogen (secondary N) is 2. The molecule has 1 saturated heterocycles. The molecule has 0 atom stereocenters. The van der Waals surface area contributed by atoms with Crippen LogP contribution in [0, 0.1) is 12.8 Å². The van der Waals surface area contributed by atoms with E-state index in [0.29, 0.717) is 23.9 Å². The quantitative estimate of drug-likeness (QED) is 0.889. The Bertz CT molecular complexity index is 582. The van der Waals surface area contributed by atoms with E-state index in [4.69, 9.17) is 4.42 Å². The van der Waals surface area contributed by atoms with E-state index >= 15 is 0 Å². The lowest BCUT2D eigenvalue weighted by Crippen LogP contribution is -2.48. The van der Waals surface area contributed by atoms with Crippen molar-refractivity contribution in [2.45, 2.75) is 6.92 Å². The maximum atomic E-state index is 12.1. The fourth-order valence-electron chi connectivity index (χ4n) is 1.93. The molecule has 3 rings (SSSR count). The first-order valence-electron chi connectivity index (χ1n) is 6.24. The Morgan fingerprint density at radius 2 is 2.29 bits per heavy atom. The predicted molar refractivity (Wildman–Crippen MR) is 87.7 cm³/mol. The number of carbonyl (C=O) groups is 1. The zero-order valence-corrected chi connectivity index (χ0v) is 13.9. The van der Waals surface area contributed by atoms with Crippen LogP contribution in [-0.2, 0) is 0 Å². The normalized spacial score (nSPS) is 13.8. The van der Waals surface area contributed by atoms with Gasteiger partial charge in [-0.1, -0.05) is 0 Å². The van der Waals surface area contributed by atoms with Crippen LogP contribution >= 0.6 is 36.2 Å². The van der Waals surface area contributed by atoms with E-state index in [2.05, 4.69) is 15.6 Å². The number of amides is 1. The van der Waals surface area contributed by atoms with Crippen molar-refractivity contribution < 1.29 is 9.21 Å². The lowest BCUT2D eigenvalue weighted by atomic mass is 10.0. The summed E-state index contributed by atoms with van der Waals surface area (Å²) in [5.74, 6) is 1.15. The summed E-state index contributed by atoms with van der Waals surface area (Å²) >= 11 is 1.48. The molecule has 5 nitrogen and oxygen atoms in total. The third kappa shape index (κ3) is 3.97. The van der Waals surface area contributed by atoms with Crippen molar-refractivity contribution in [1.82, 2.24) is 15.6 Å². The van der Waals surface area contributed by atoms with Crippen LogP contribution in [0.5, 0.6) is 0 Å². The highest BCUT2D eigenvalue weighted by atomic mass is 35.5. The summed E-state index contributed by atoms with van der Waals surface area (Å²) in [6.45, 7) is 4.57. The molecule has 0 aromatic carbocycles. The maximum Gasteiger partial charge on any atom is 0.271 e. The minimum atomic E-state index is -0.0987. The molecule has 1 amide bonds. The summed E-state index contributed by atoms with van der Waals surface area (Å²) in [6, 6.07) is 3.66. The van der Waals surface area contributed by atoms with Gasteiger partial charge >= 0.3 is 0 Å². The number of hydrogen-bond donors (Lipinski definition) is 2. The Hall–Kier alpha value is -1.08. The van der Waals surface area contributed by atoms with Crippen molar-refractivity contribution in [2.75, 3.05) is 19.6 Å². The monoisotopic (exact) mass is 349 g/mol. The largest absolute Gasteiger partial charge is 0.462 e. The second-order valence-corrected chi connectivity index (χ2v) is 5.84. The zero-order valence-electron chi connectivity index (χ0n) is 11.4. The minimum absolute atomic E-state index is 0. The number of carbonyl (C=O) groups excluding carboxylic acids is 1. The number of furan rings is 1. The fraction of sp³-hybridized carbons (Fsp3) is 0.385. The topological polar surface area (TPSA) is 67.2 Å². The Labute approximate surface area is 139 Å². The Balaban J connectivity index is 0.00000110. The summed E-state index contributed by atoms with van der Waals surface area (Å²) < 4.78 is 5.30. The van der Waals surface area contributed by atoms with E-state index in [-0.39, 0.29) is 30.7 Å². The molecule has 0 aliphatic carbocycles. The fourth-order valence-corrected chi connectivity index (χ4v) is 2.81. The second kappa shape index (κ2) is 7.79. The standard InChI is InChI=1S/C13H15N3O2S.2ClH/c1-8-11(12(17)15-7-9-5-14-6-9)16-13(19-8)10-3-2-4-18-10;;/h2-4,9,14H,5-7H2,1H3,(H,15,17);2*1H. The molecule has 2 aromatic heterocycles. The predicted octanol–water partition coefficient (Wildman–Crippen LogP) is 2.50. The molecule has 0 spiro atoms. The van der Waals surface area contributed by atoms with Crippen LogP contribution in [0.3, 0.4) is 0 Å². The van der Waals surface area contributed by atoms with Gasteiger partial charge in [0, 0.05) is 30.4 Å². The first-order chi connectivity index (χ1) is 9.24. The van der Waals surface area contributed by atoms with Gasteiger partial charge in [0.25, 0.3) is 5.91 Å². The molecule has 21 heavy (non-hydrogen) atoms. The Morgan fingerprint density at radius 3 is 2.86 bits per heavy atom. The molecule has 0 bridgehead atoms. The van der Waals surface area contributed by atoms with Crippen molar-refractivity contribution in [3.8, 4) is 10.8 Å². The lowest BCUT2D eigenvalue weighted by molar-refractivity contribution is 0.0937. The number of aromatic nitrogens is 1. The molecule has 0 saturated carbocycles. The molecular weight excluding hydrogens is 333 g/mol. The first-order valence-corrected chi connectivity index (χ1v) is 7.06. The van der Waals surface area contributed by atoms with Gasteiger partial charge < -0.3 is 15.1 Å². The van der Waals surface area contributed by atoms with Crippen LogP contribution in [-0.4, -0.2) is 30.5 Å². The third-order valence-electron chi connectivity index (χ3n) is 3.16. The Morgan fingerprint density at radius 1 is 1.52 bits per heavy atom. The molecule has 1 aliphatic rings. The van der Waals surface area contributed by atoms with Crippen LogP contribution < -0.4 is 10.6 Å². The van der Waals surface area contributed by atoms with Crippen molar-refractivity contribution in [2.24, 2.45) is 5.92 Å². The third-order valence-corrected chi connectivity index (χ3v) is 4.15. The number of rotatable bonds is 4. The van der Waals surface area contributed by atoms with Crippen molar-refractivity contribution in [1.29, 1.82) is 0 Å². The summed E-state index contributed by atoms with van der Waals surface area (Å²) in [5.41, 5.74) is 0.503. The second-order valence-electron chi connectivity index (χ2n) is 4.64. The Kier molecular flexibility index (Phi) is 6.67. The number of thiazole rings is 1. The molecule has 116 valence electrons. The van der Waals surface area contributed by atoms with Crippen LogP contribution in [0.25, 0.3) is 10.8 Å². The van der Waals surface area contributed by atoms with Crippen LogP contribution in [0.4, 0.5) is 0 Å². The average molecular weight is 350 g/mol. The number of aryl methyl sites for hydroxylation is 1. The van der Waals surface area contributed by atoms with Crippen LogP contribution in [0.2, 0.25) is 0 Å². The number of halogens is 2. The van der Waals surface area contributed by atoms with Gasteiger partial charge in [-0.3, -0.25) is 4.79 Å². The van der Waals surface area contributed by atoms with Crippen LogP contribution in [0.1, 0.15) is 15.4 Å². The number of nitrogens with zero attached hydrogens (tertiary/aromatic N) is 1. The highest BCUT2D eigenvalue weighted by Gasteiger charge is 2.21. The molecule has 8 heteroatoms. The molecule has 2 N–H and O–H groups in total. The zero-order chi connectivity index (χ0) is 13.2. The number of hydrogen-bond acceptors (Lipinski definition) is 5. The lowest BCUT2D eigenvalue weighted by Gasteiger charge is -2.26.